The van der Waals surface area contributed by atoms with Crippen molar-refractivity contribution in [1.29, 1.82) is 0 Å². The number of aromatic nitrogens is 1. The van der Waals surface area contributed by atoms with Crippen molar-refractivity contribution in [2.24, 2.45) is 23.7 Å². The summed E-state index contributed by atoms with van der Waals surface area (Å²) in [7, 11) is 0. The average molecular weight is 384 g/mol. The van der Waals surface area contributed by atoms with Crippen molar-refractivity contribution in [1.82, 2.24) is 4.98 Å². The van der Waals surface area contributed by atoms with Crippen molar-refractivity contribution < 1.29 is 0 Å². The molecule has 0 N–H and O–H groups in total. The van der Waals surface area contributed by atoms with Crippen molar-refractivity contribution in [3.8, 4) is 0 Å². The summed E-state index contributed by atoms with van der Waals surface area (Å²) in [6.45, 7) is 4.64. The van der Waals surface area contributed by atoms with E-state index in [0.29, 0.717) is 0 Å². The summed E-state index contributed by atoms with van der Waals surface area (Å²) < 4.78 is 0. The molecular weight excluding hydrogens is 338 g/mol. The predicted octanol–water partition coefficient (Wildman–Crippen LogP) is 8.16. The van der Waals surface area contributed by atoms with E-state index in [1.54, 1.807) is 0 Å². The van der Waals surface area contributed by atoms with Crippen LogP contribution < -0.4 is 0 Å². The summed E-state index contributed by atoms with van der Waals surface area (Å²) in [4.78, 5) is 4.72. The van der Waals surface area contributed by atoms with E-state index in [2.05, 4.69) is 32.2 Å². The molecular formula is C27H45N. The van der Waals surface area contributed by atoms with Gasteiger partial charge in [0.15, 0.2) is 0 Å². The Labute approximate surface area is 175 Å². The third kappa shape index (κ3) is 7.20. The van der Waals surface area contributed by atoms with Gasteiger partial charge in [0.1, 0.15) is 0 Å². The van der Waals surface area contributed by atoms with Crippen LogP contribution in [0.4, 0.5) is 0 Å². The molecule has 0 aromatic carbocycles. The van der Waals surface area contributed by atoms with E-state index in [4.69, 9.17) is 4.98 Å². The number of rotatable bonds is 10. The van der Waals surface area contributed by atoms with Crippen LogP contribution in [0.25, 0.3) is 0 Å². The zero-order valence-corrected chi connectivity index (χ0v) is 18.8. The first-order valence-corrected chi connectivity index (χ1v) is 12.7. The number of pyridine rings is 1. The molecule has 158 valence electrons. The zero-order valence-electron chi connectivity index (χ0n) is 18.8. The van der Waals surface area contributed by atoms with Crippen molar-refractivity contribution in [3.05, 3.63) is 29.6 Å². The molecule has 1 heteroatoms. The summed E-state index contributed by atoms with van der Waals surface area (Å²) in [6.07, 6.45) is 24.9. The normalized spacial score (nSPS) is 28.4. The second kappa shape index (κ2) is 12.0. The Kier molecular flexibility index (Phi) is 9.35. The maximum Gasteiger partial charge on any atom is 0.0403 e. The number of aryl methyl sites for hydroxylation is 2. The van der Waals surface area contributed by atoms with E-state index >= 15 is 0 Å². The molecule has 0 saturated heterocycles. The molecule has 2 aliphatic rings. The fourth-order valence-electron chi connectivity index (χ4n) is 5.69. The molecule has 2 saturated carbocycles. The van der Waals surface area contributed by atoms with Crippen molar-refractivity contribution in [2.45, 2.75) is 117 Å². The van der Waals surface area contributed by atoms with E-state index in [1.165, 1.54) is 114 Å². The first-order chi connectivity index (χ1) is 13.8. The van der Waals surface area contributed by atoms with Crippen LogP contribution in [-0.2, 0) is 12.8 Å². The van der Waals surface area contributed by atoms with Crippen LogP contribution in [-0.4, -0.2) is 4.98 Å². The van der Waals surface area contributed by atoms with Crippen molar-refractivity contribution >= 4 is 0 Å². The molecule has 0 atom stereocenters. The molecule has 2 fully saturated rings. The van der Waals surface area contributed by atoms with Crippen LogP contribution in [0.5, 0.6) is 0 Å². The molecule has 0 radical (unpaired) electrons. The largest absolute Gasteiger partial charge is 0.261 e. The van der Waals surface area contributed by atoms with E-state index in [-0.39, 0.29) is 0 Å². The second-order valence-corrected chi connectivity index (χ2v) is 10.1. The second-order valence-electron chi connectivity index (χ2n) is 10.1. The molecule has 1 heterocycles. The lowest BCUT2D eigenvalue weighted by atomic mass is 9.74. The minimum atomic E-state index is 0.956. The van der Waals surface area contributed by atoms with Crippen LogP contribution in [0.2, 0.25) is 0 Å². The molecule has 0 amide bonds. The summed E-state index contributed by atoms with van der Waals surface area (Å²) >= 11 is 0. The molecule has 1 aromatic heterocycles. The number of nitrogens with zero attached hydrogens (tertiary/aromatic N) is 1. The van der Waals surface area contributed by atoms with Gasteiger partial charge in [-0.05, 0) is 61.0 Å². The Morgan fingerprint density at radius 2 is 1.29 bits per heavy atom. The molecule has 1 nitrogen and oxygen atoms in total. The van der Waals surface area contributed by atoms with E-state index in [9.17, 15) is 0 Å². The highest BCUT2D eigenvalue weighted by atomic mass is 14.7. The lowest BCUT2D eigenvalue weighted by Gasteiger charge is -2.31. The van der Waals surface area contributed by atoms with Gasteiger partial charge in [0.2, 0.25) is 0 Å². The van der Waals surface area contributed by atoms with E-state index in [0.717, 1.165) is 23.7 Å². The lowest BCUT2D eigenvalue weighted by molar-refractivity contribution is 0.211. The highest BCUT2D eigenvalue weighted by Gasteiger charge is 2.24. The first-order valence-electron chi connectivity index (χ1n) is 12.7. The lowest BCUT2D eigenvalue weighted by Crippen LogP contribution is -2.18. The van der Waals surface area contributed by atoms with Crippen LogP contribution in [0.3, 0.4) is 0 Å². The Hall–Kier alpha value is -0.850. The first kappa shape index (κ1) is 21.8. The number of hydrogen-bond donors (Lipinski definition) is 0. The maximum absolute atomic E-state index is 4.72. The summed E-state index contributed by atoms with van der Waals surface area (Å²) in [5.74, 6) is 4.11. The average Bonchev–Trinajstić information content (AvgIpc) is 2.76. The quantitative estimate of drug-likeness (QED) is 0.397. The van der Waals surface area contributed by atoms with Gasteiger partial charge in [-0.1, -0.05) is 97.0 Å². The minimum Gasteiger partial charge on any atom is -0.261 e. The fourth-order valence-corrected chi connectivity index (χ4v) is 5.69. The summed E-state index contributed by atoms with van der Waals surface area (Å²) in [6, 6.07) is 4.59. The van der Waals surface area contributed by atoms with Gasteiger partial charge in [0.05, 0.1) is 0 Å². The Bertz CT molecular complexity index is 518. The Morgan fingerprint density at radius 3 is 1.79 bits per heavy atom. The zero-order chi connectivity index (χ0) is 19.6. The molecule has 0 unspecified atom stereocenters. The highest BCUT2D eigenvalue weighted by Crippen LogP contribution is 2.38. The minimum absolute atomic E-state index is 0.956. The SMILES string of the molecule is CCCCc1ccc(CC[C@H]2CC[C@H](CC[C@H]3CC[C@H](CC)CC3)CC2)nc1. The fraction of sp³-hybridized carbons (Fsp3) is 0.815. The Morgan fingerprint density at radius 1 is 0.714 bits per heavy atom. The molecule has 0 spiro atoms. The van der Waals surface area contributed by atoms with Gasteiger partial charge >= 0.3 is 0 Å². The monoisotopic (exact) mass is 383 g/mol. The standard InChI is InChI=1S/C27H45N/c1-3-5-6-26-18-20-27(28-21-26)19-17-25-15-13-24(14-16-25)12-11-23-9-7-22(4-2)8-10-23/h18,20-25H,3-17,19H2,1-2H3/t22-,23-,24-,25-. The summed E-state index contributed by atoms with van der Waals surface area (Å²) in [5, 5.41) is 0. The molecule has 0 aliphatic heterocycles. The molecule has 28 heavy (non-hydrogen) atoms. The van der Waals surface area contributed by atoms with Crippen LogP contribution in [0.15, 0.2) is 18.3 Å². The van der Waals surface area contributed by atoms with E-state index in [1.807, 2.05) is 0 Å². The Balaban J connectivity index is 1.28. The molecule has 3 rings (SSSR count). The summed E-state index contributed by atoms with van der Waals surface area (Å²) in [5.41, 5.74) is 2.72. The molecule has 2 aliphatic carbocycles. The van der Waals surface area contributed by atoms with Crippen LogP contribution in [0, 0.1) is 23.7 Å². The van der Waals surface area contributed by atoms with Crippen LogP contribution in [0.1, 0.15) is 115 Å². The van der Waals surface area contributed by atoms with Crippen molar-refractivity contribution in [2.75, 3.05) is 0 Å². The predicted molar refractivity (Wildman–Crippen MR) is 122 cm³/mol. The maximum atomic E-state index is 4.72. The third-order valence-corrected chi connectivity index (χ3v) is 8.01. The number of hydrogen-bond acceptors (Lipinski definition) is 1. The van der Waals surface area contributed by atoms with Crippen LogP contribution >= 0.6 is 0 Å². The van der Waals surface area contributed by atoms with Gasteiger partial charge in [0, 0.05) is 11.9 Å². The van der Waals surface area contributed by atoms with Gasteiger partial charge in [-0.2, -0.15) is 0 Å². The van der Waals surface area contributed by atoms with Gasteiger partial charge in [-0.15, -0.1) is 0 Å². The molecule has 1 aromatic rings. The smallest absolute Gasteiger partial charge is 0.0403 e. The van der Waals surface area contributed by atoms with Crippen molar-refractivity contribution in [3.63, 3.8) is 0 Å². The highest BCUT2D eigenvalue weighted by molar-refractivity contribution is 5.14. The van der Waals surface area contributed by atoms with Gasteiger partial charge in [-0.25, -0.2) is 0 Å². The topological polar surface area (TPSA) is 12.9 Å². The van der Waals surface area contributed by atoms with Gasteiger partial charge in [-0.3, -0.25) is 4.98 Å². The third-order valence-electron chi connectivity index (χ3n) is 8.01. The van der Waals surface area contributed by atoms with E-state index < -0.39 is 0 Å². The van der Waals surface area contributed by atoms with Gasteiger partial charge < -0.3 is 0 Å². The van der Waals surface area contributed by atoms with Gasteiger partial charge in [0.25, 0.3) is 0 Å². The molecule has 0 bridgehead atoms. The number of unbranched alkanes of at least 4 members (excludes halogenated alkanes) is 1.